The van der Waals surface area contributed by atoms with E-state index in [4.69, 9.17) is 10.8 Å². The standard InChI is InChI=1S/C14H14N2O4S/c1-9-2-5-11(6-3-9)21(19,20)16-13-8-10(15)4-7-12(13)14(17)18/h2-8,16H,15H2,1H3,(H,17,18). The number of sulfonamides is 1. The quantitative estimate of drug-likeness (QED) is 0.749. The third kappa shape index (κ3) is 3.32. The third-order valence-electron chi connectivity index (χ3n) is 2.85. The number of benzene rings is 2. The number of nitrogens with one attached hydrogen (secondary N) is 1. The lowest BCUT2D eigenvalue weighted by Gasteiger charge is -2.11. The summed E-state index contributed by atoms with van der Waals surface area (Å²) in [6, 6.07) is 10.1. The molecule has 21 heavy (non-hydrogen) atoms. The van der Waals surface area contributed by atoms with Crippen LogP contribution < -0.4 is 10.5 Å². The third-order valence-corrected chi connectivity index (χ3v) is 4.23. The molecule has 0 bridgehead atoms. The molecule has 0 radical (unpaired) electrons. The molecule has 110 valence electrons. The van der Waals surface area contributed by atoms with Crippen molar-refractivity contribution in [1.29, 1.82) is 0 Å². The number of hydrogen-bond acceptors (Lipinski definition) is 4. The molecular weight excluding hydrogens is 292 g/mol. The van der Waals surface area contributed by atoms with Crippen LogP contribution in [0.1, 0.15) is 15.9 Å². The fourth-order valence-electron chi connectivity index (χ4n) is 1.75. The van der Waals surface area contributed by atoms with Crippen molar-refractivity contribution in [3.05, 3.63) is 53.6 Å². The van der Waals surface area contributed by atoms with Gasteiger partial charge < -0.3 is 10.8 Å². The molecule has 2 aromatic carbocycles. The fraction of sp³-hybridized carbons (Fsp3) is 0.0714. The van der Waals surface area contributed by atoms with Crippen molar-refractivity contribution in [3.8, 4) is 0 Å². The highest BCUT2D eigenvalue weighted by Crippen LogP contribution is 2.23. The van der Waals surface area contributed by atoms with E-state index in [0.29, 0.717) is 0 Å². The van der Waals surface area contributed by atoms with Crippen LogP contribution in [0.5, 0.6) is 0 Å². The number of rotatable bonds is 4. The molecule has 0 unspecified atom stereocenters. The van der Waals surface area contributed by atoms with Gasteiger partial charge in [0.1, 0.15) is 0 Å². The van der Waals surface area contributed by atoms with Crippen molar-refractivity contribution < 1.29 is 18.3 Å². The Hall–Kier alpha value is -2.54. The van der Waals surface area contributed by atoms with E-state index >= 15 is 0 Å². The number of carbonyl (C=O) groups is 1. The Balaban J connectivity index is 2.43. The van der Waals surface area contributed by atoms with Gasteiger partial charge in [-0.3, -0.25) is 4.72 Å². The van der Waals surface area contributed by atoms with Crippen LogP contribution in [0.25, 0.3) is 0 Å². The normalized spacial score (nSPS) is 11.1. The van der Waals surface area contributed by atoms with Gasteiger partial charge in [-0.2, -0.15) is 0 Å². The van der Waals surface area contributed by atoms with E-state index in [0.717, 1.165) is 5.56 Å². The lowest BCUT2D eigenvalue weighted by atomic mass is 10.1. The van der Waals surface area contributed by atoms with Crippen molar-refractivity contribution in [2.75, 3.05) is 10.5 Å². The molecule has 0 amide bonds. The Morgan fingerprint density at radius 3 is 2.33 bits per heavy atom. The minimum atomic E-state index is -3.87. The predicted octanol–water partition coefficient (Wildman–Crippen LogP) is 2.08. The van der Waals surface area contributed by atoms with Gasteiger partial charge in [0.2, 0.25) is 0 Å². The average molecular weight is 306 g/mol. The van der Waals surface area contributed by atoms with Gasteiger partial charge >= 0.3 is 5.97 Å². The second-order valence-corrected chi connectivity index (χ2v) is 6.21. The van der Waals surface area contributed by atoms with Gasteiger partial charge in [-0.1, -0.05) is 17.7 Å². The molecule has 0 aliphatic carbocycles. The summed E-state index contributed by atoms with van der Waals surface area (Å²) in [7, 11) is -3.87. The molecule has 0 fully saturated rings. The predicted molar refractivity (Wildman–Crippen MR) is 79.8 cm³/mol. The van der Waals surface area contributed by atoms with E-state index in [2.05, 4.69) is 4.72 Å². The highest BCUT2D eigenvalue weighted by Gasteiger charge is 2.18. The number of nitrogen functional groups attached to an aromatic ring is 1. The highest BCUT2D eigenvalue weighted by molar-refractivity contribution is 7.92. The van der Waals surface area contributed by atoms with Gasteiger partial charge in [0.25, 0.3) is 10.0 Å². The zero-order valence-corrected chi connectivity index (χ0v) is 12.0. The summed E-state index contributed by atoms with van der Waals surface area (Å²) >= 11 is 0. The summed E-state index contributed by atoms with van der Waals surface area (Å²) < 4.78 is 26.8. The van der Waals surface area contributed by atoms with Crippen LogP contribution in [-0.2, 0) is 10.0 Å². The van der Waals surface area contributed by atoms with Crippen LogP contribution in [0.3, 0.4) is 0 Å². The van der Waals surface area contributed by atoms with E-state index in [-0.39, 0.29) is 21.8 Å². The van der Waals surface area contributed by atoms with Gasteiger partial charge in [0.15, 0.2) is 0 Å². The van der Waals surface area contributed by atoms with E-state index in [1.54, 1.807) is 12.1 Å². The van der Waals surface area contributed by atoms with Crippen LogP contribution in [0.15, 0.2) is 47.4 Å². The van der Waals surface area contributed by atoms with Gasteiger partial charge in [-0.15, -0.1) is 0 Å². The number of nitrogens with two attached hydrogens (primary N) is 1. The molecule has 2 aromatic rings. The molecular formula is C14H14N2O4S. The van der Waals surface area contributed by atoms with Crippen LogP contribution >= 0.6 is 0 Å². The molecule has 7 heteroatoms. The maximum Gasteiger partial charge on any atom is 0.337 e. The zero-order valence-electron chi connectivity index (χ0n) is 11.2. The molecule has 0 saturated heterocycles. The lowest BCUT2D eigenvalue weighted by Crippen LogP contribution is -2.15. The second kappa shape index (κ2) is 5.45. The molecule has 4 N–H and O–H groups in total. The van der Waals surface area contributed by atoms with Gasteiger partial charge in [-0.05, 0) is 37.3 Å². The monoisotopic (exact) mass is 306 g/mol. The van der Waals surface area contributed by atoms with Crippen molar-refractivity contribution in [3.63, 3.8) is 0 Å². The topological polar surface area (TPSA) is 109 Å². The Kier molecular flexibility index (Phi) is 3.86. The van der Waals surface area contributed by atoms with Crippen molar-refractivity contribution in [1.82, 2.24) is 0 Å². The summed E-state index contributed by atoms with van der Waals surface area (Å²) in [4.78, 5) is 11.2. The first-order valence-corrected chi connectivity index (χ1v) is 7.50. The van der Waals surface area contributed by atoms with E-state index < -0.39 is 16.0 Å². The highest BCUT2D eigenvalue weighted by atomic mass is 32.2. The SMILES string of the molecule is Cc1ccc(S(=O)(=O)Nc2cc(N)ccc2C(=O)O)cc1. The van der Waals surface area contributed by atoms with Crippen molar-refractivity contribution in [2.45, 2.75) is 11.8 Å². The first kappa shape index (κ1) is 14.9. The van der Waals surface area contributed by atoms with Crippen LogP contribution in [0.2, 0.25) is 0 Å². The number of anilines is 2. The van der Waals surface area contributed by atoms with Crippen molar-refractivity contribution in [2.24, 2.45) is 0 Å². The molecule has 0 saturated carbocycles. The summed E-state index contributed by atoms with van der Waals surface area (Å²) in [6.45, 7) is 1.84. The number of carboxylic acids is 1. The molecule has 6 nitrogen and oxygen atoms in total. The lowest BCUT2D eigenvalue weighted by molar-refractivity contribution is 0.0698. The summed E-state index contributed by atoms with van der Waals surface area (Å²) in [5.74, 6) is -1.24. The van der Waals surface area contributed by atoms with Crippen LogP contribution in [0, 0.1) is 6.92 Å². The van der Waals surface area contributed by atoms with Crippen molar-refractivity contribution >= 4 is 27.4 Å². The number of aromatic carboxylic acids is 1. The Morgan fingerprint density at radius 2 is 1.76 bits per heavy atom. The molecule has 0 spiro atoms. The van der Waals surface area contributed by atoms with E-state index in [9.17, 15) is 13.2 Å². The smallest absolute Gasteiger partial charge is 0.337 e. The zero-order chi connectivity index (χ0) is 15.6. The van der Waals surface area contributed by atoms with Crippen LogP contribution in [-0.4, -0.2) is 19.5 Å². The molecule has 0 aromatic heterocycles. The molecule has 0 atom stereocenters. The number of hydrogen-bond donors (Lipinski definition) is 3. The molecule has 0 aliphatic rings. The summed E-state index contributed by atoms with van der Waals surface area (Å²) in [6.07, 6.45) is 0. The van der Waals surface area contributed by atoms with Crippen LogP contribution in [0.4, 0.5) is 11.4 Å². The Labute approximate surface area is 122 Å². The maximum absolute atomic E-state index is 12.3. The van der Waals surface area contributed by atoms with E-state index in [1.807, 2.05) is 6.92 Å². The molecule has 2 rings (SSSR count). The fourth-order valence-corrected chi connectivity index (χ4v) is 2.82. The maximum atomic E-state index is 12.3. The molecule has 0 aliphatic heterocycles. The van der Waals surface area contributed by atoms with Gasteiger partial charge in [0.05, 0.1) is 16.1 Å². The van der Waals surface area contributed by atoms with Gasteiger partial charge in [0, 0.05) is 5.69 Å². The largest absolute Gasteiger partial charge is 0.478 e. The minimum absolute atomic E-state index is 0.0480. The first-order valence-electron chi connectivity index (χ1n) is 6.02. The van der Waals surface area contributed by atoms with E-state index in [1.165, 1.54) is 30.3 Å². The number of aryl methyl sites for hydroxylation is 1. The number of carboxylic acid groups (broad SMARTS) is 1. The minimum Gasteiger partial charge on any atom is -0.478 e. The Morgan fingerprint density at radius 1 is 1.14 bits per heavy atom. The Bertz CT molecular complexity index is 783. The average Bonchev–Trinajstić information content (AvgIpc) is 2.38. The van der Waals surface area contributed by atoms with Gasteiger partial charge in [-0.25, -0.2) is 13.2 Å². The second-order valence-electron chi connectivity index (χ2n) is 4.53. The first-order chi connectivity index (χ1) is 9.79. The summed E-state index contributed by atoms with van der Waals surface area (Å²) in [5, 5.41) is 9.08. The molecule has 0 heterocycles. The summed E-state index contributed by atoms with van der Waals surface area (Å²) in [5.41, 5.74) is 6.53.